The SMILES string of the molecule is CC1(C)c2ccccc2-c2ccc(N(c3ccc(-c4ccc5ccccc5c4)cc3)c3ccc4c5ccccc5c5c(ccc6oc7ccccc7c65)c4c3)cc21. The summed E-state index contributed by atoms with van der Waals surface area (Å²) in [6.45, 7) is 4.72. The van der Waals surface area contributed by atoms with Gasteiger partial charge in [-0.05, 0) is 132 Å². The van der Waals surface area contributed by atoms with E-state index in [4.69, 9.17) is 4.42 Å². The maximum absolute atomic E-state index is 6.43. The van der Waals surface area contributed by atoms with Gasteiger partial charge >= 0.3 is 0 Å². The van der Waals surface area contributed by atoms with Crippen LogP contribution in [0, 0.1) is 0 Å². The van der Waals surface area contributed by atoms with Crippen molar-refractivity contribution in [3.8, 4) is 22.3 Å². The Kier molecular flexibility index (Phi) is 6.72. The highest BCUT2D eigenvalue weighted by molar-refractivity contribution is 6.34. The molecule has 0 unspecified atom stereocenters. The standard InChI is InChI=1S/C55H37NO/c1-55(2)49-17-9-7-14-43(49)44-28-26-40(33-50(44)55)56(38-23-21-35(22-24-38)37-20-19-34-11-3-4-12-36(34)31-37)39-25-27-42-41-13-5-6-15-45(41)53-46(48(42)32-39)29-30-52-54(53)47-16-8-10-18-51(47)57-52/h3-33H,1-2H3. The van der Waals surface area contributed by atoms with E-state index in [1.54, 1.807) is 0 Å². The van der Waals surface area contributed by atoms with Crippen LogP contribution >= 0.6 is 0 Å². The van der Waals surface area contributed by atoms with E-state index >= 15 is 0 Å². The van der Waals surface area contributed by atoms with Crippen LogP contribution in [0.3, 0.4) is 0 Å². The van der Waals surface area contributed by atoms with Crippen molar-refractivity contribution in [1.29, 1.82) is 0 Å². The Balaban J connectivity index is 1.09. The summed E-state index contributed by atoms with van der Waals surface area (Å²) in [5.74, 6) is 0. The summed E-state index contributed by atoms with van der Waals surface area (Å²) in [4.78, 5) is 2.44. The zero-order chi connectivity index (χ0) is 37.8. The Morgan fingerprint density at radius 2 is 0.982 bits per heavy atom. The summed E-state index contributed by atoms with van der Waals surface area (Å²) in [5.41, 5.74) is 12.9. The van der Waals surface area contributed by atoms with Crippen LogP contribution in [0.5, 0.6) is 0 Å². The molecule has 0 saturated carbocycles. The summed E-state index contributed by atoms with van der Waals surface area (Å²) in [6, 6.07) is 69.1. The molecule has 2 nitrogen and oxygen atoms in total. The summed E-state index contributed by atoms with van der Waals surface area (Å²) < 4.78 is 6.43. The number of hydrogen-bond donors (Lipinski definition) is 0. The number of nitrogens with zero attached hydrogens (tertiary/aromatic N) is 1. The molecule has 1 aliphatic rings. The maximum Gasteiger partial charge on any atom is 0.136 e. The molecule has 0 saturated heterocycles. The van der Waals surface area contributed by atoms with Crippen LogP contribution in [-0.2, 0) is 5.41 Å². The minimum atomic E-state index is -0.120. The van der Waals surface area contributed by atoms with E-state index in [-0.39, 0.29) is 5.41 Å². The Labute approximate surface area is 330 Å². The Bertz CT molecular complexity index is 3440. The minimum absolute atomic E-state index is 0.120. The lowest BCUT2D eigenvalue weighted by atomic mass is 9.82. The predicted molar refractivity (Wildman–Crippen MR) is 241 cm³/mol. The lowest BCUT2D eigenvalue weighted by molar-refractivity contribution is 0.660. The summed E-state index contributed by atoms with van der Waals surface area (Å²) in [7, 11) is 0. The van der Waals surface area contributed by atoms with Gasteiger partial charge in [-0.15, -0.1) is 0 Å². The normalized spacial score (nSPS) is 13.2. The van der Waals surface area contributed by atoms with E-state index in [1.807, 2.05) is 0 Å². The summed E-state index contributed by atoms with van der Waals surface area (Å²) >= 11 is 0. The average molecular weight is 728 g/mol. The number of furan rings is 1. The molecule has 2 heteroatoms. The third-order valence-electron chi connectivity index (χ3n) is 12.6. The molecule has 11 aromatic rings. The van der Waals surface area contributed by atoms with E-state index in [1.165, 1.54) is 81.9 Å². The number of hydrogen-bond acceptors (Lipinski definition) is 2. The van der Waals surface area contributed by atoms with E-state index in [0.717, 1.165) is 33.6 Å². The molecular formula is C55H37NO. The molecule has 268 valence electrons. The van der Waals surface area contributed by atoms with Crippen molar-refractivity contribution in [3.05, 3.63) is 199 Å². The van der Waals surface area contributed by atoms with Gasteiger partial charge in [-0.1, -0.05) is 141 Å². The zero-order valence-corrected chi connectivity index (χ0v) is 31.8. The smallest absolute Gasteiger partial charge is 0.136 e. The first-order valence-corrected chi connectivity index (χ1v) is 19.8. The molecular weight excluding hydrogens is 691 g/mol. The highest BCUT2D eigenvalue weighted by Gasteiger charge is 2.35. The van der Waals surface area contributed by atoms with Gasteiger partial charge < -0.3 is 9.32 Å². The van der Waals surface area contributed by atoms with Gasteiger partial charge in [-0.25, -0.2) is 0 Å². The molecule has 1 aliphatic carbocycles. The molecule has 12 rings (SSSR count). The topological polar surface area (TPSA) is 16.4 Å². The molecule has 10 aromatic carbocycles. The van der Waals surface area contributed by atoms with Crippen LogP contribution in [0.2, 0.25) is 0 Å². The van der Waals surface area contributed by atoms with Crippen molar-refractivity contribution in [3.63, 3.8) is 0 Å². The minimum Gasteiger partial charge on any atom is -0.456 e. The quantitative estimate of drug-likeness (QED) is 0.168. The number of rotatable bonds is 4. The first kappa shape index (κ1) is 32.1. The highest BCUT2D eigenvalue weighted by Crippen LogP contribution is 2.51. The number of benzene rings is 10. The van der Waals surface area contributed by atoms with E-state index in [2.05, 4.69) is 207 Å². The lowest BCUT2D eigenvalue weighted by Crippen LogP contribution is -2.16. The lowest BCUT2D eigenvalue weighted by Gasteiger charge is -2.29. The van der Waals surface area contributed by atoms with Crippen LogP contribution < -0.4 is 4.90 Å². The van der Waals surface area contributed by atoms with Gasteiger partial charge in [-0.3, -0.25) is 0 Å². The largest absolute Gasteiger partial charge is 0.456 e. The monoisotopic (exact) mass is 727 g/mol. The fourth-order valence-electron chi connectivity index (χ4n) is 9.84. The fraction of sp³-hybridized carbons (Fsp3) is 0.0545. The molecule has 0 radical (unpaired) electrons. The molecule has 0 atom stereocenters. The molecule has 0 spiro atoms. The van der Waals surface area contributed by atoms with Crippen LogP contribution in [0.15, 0.2) is 192 Å². The molecule has 0 bridgehead atoms. The zero-order valence-electron chi connectivity index (χ0n) is 31.8. The third kappa shape index (κ3) is 4.71. The van der Waals surface area contributed by atoms with Gasteiger partial charge in [0.05, 0.1) is 0 Å². The van der Waals surface area contributed by atoms with Gasteiger partial charge in [0.2, 0.25) is 0 Å². The van der Waals surface area contributed by atoms with Crippen molar-refractivity contribution in [1.82, 2.24) is 0 Å². The molecule has 0 N–H and O–H groups in total. The molecule has 1 heterocycles. The van der Waals surface area contributed by atoms with Crippen LogP contribution in [-0.4, -0.2) is 0 Å². The second-order valence-electron chi connectivity index (χ2n) is 16.1. The average Bonchev–Trinajstić information content (AvgIpc) is 3.75. The van der Waals surface area contributed by atoms with Crippen LogP contribution in [0.1, 0.15) is 25.0 Å². The number of para-hydroxylation sites is 1. The number of anilines is 3. The summed E-state index contributed by atoms with van der Waals surface area (Å²) in [6.07, 6.45) is 0. The van der Waals surface area contributed by atoms with Crippen molar-refractivity contribution >= 4 is 82.1 Å². The second-order valence-corrected chi connectivity index (χ2v) is 16.1. The van der Waals surface area contributed by atoms with Gasteiger partial charge in [-0.2, -0.15) is 0 Å². The fourth-order valence-corrected chi connectivity index (χ4v) is 9.84. The summed E-state index contributed by atoms with van der Waals surface area (Å²) in [5, 5.41) is 12.2. The highest BCUT2D eigenvalue weighted by atomic mass is 16.3. The third-order valence-corrected chi connectivity index (χ3v) is 12.6. The van der Waals surface area contributed by atoms with E-state index in [9.17, 15) is 0 Å². The van der Waals surface area contributed by atoms with Gasteiger partial charge in [0.1, 0.15) is 11.2 Å². The number of fused-ring (bicyclic) bond motifs is 14. The van der Waals surface area contributed by atoms with Crippen molar-refractivity contribution < 1.29 is 4.42 Å². The van der Waals surface area contributed by atoms with E-state index in [0.29, 0.717) is 0 Å². The first-order chi connectivity index (χ1) is 28.0. The van der Waals surface area contributed by atoms with Crippen molar-refractivity contribution in [2.75, 3.05) is 4.90 Å². The molecule has 0 fully saturated rings. The van der Waals surface area contributed by atoms with Gasteiger partial charge in [0.15, 0.2) is 0 Å². The van der Waals surface area contributed by atoms with Crippen LogP contribution in [0.4, 0.5) is 17.1 Å². The second kappa shape index (κ2) is 11.9. The van der Waals surface area contributed by atoms with Crippen LogP contribution in [0.25, 0.3) is 87.3 Å². The maximum atomic E-state index is 6.43. The van der Waals surface area contributed by atoms with Gasteiger partial charge in [0.25, 0.3) is 0 Å². The van der Waals surface area contributed by atoms with E-state index < -0.39 is 0 Å². The molecule has 0 aliphatic heterocycles. The first-order valence-electron chi connectivity index (χ1n) is 19.8. The molecule has 1 aromatic heterocycles. The van der Waals surface area contributed by atoms with Crippen molar-refractivity contribution in [2.24, 2.45) is 0 Å². The molecule has 57 heavy (non-hydrogen) atoms. The van der Waals surface area contributed by atoms with Crippen molar-refractivity contribution in [2.45, 2.75) is 19.3 Å². The van der Waals surface area contributed by atoms with Gasteiger partial charge in [0, 0.05) is 38.6 Å². The Morgan fingerprint density at radius 3 is 1.86 bits per heavy atom. The Morgan fingerprint density at radius 1 is 0.368 bits per heavy atom. The predicted octanol–water partition coefficient (Wildman–Crippen LogP) is 15.6. The Hall–Kier alpha value is -7.16. The molecule has 0 amide bonds.